The molecule has 0 unspecified atom stereocenters. The normalized spacial score (nSPS) is 10.8. The first-order valence-electron chi connectivity index (χ1n) is 6.38. The fraction of sp³-hybridized carbons (Fsp3) is 0.118. The minimum absolute atomic E-state index is 1.14. The Labute approximate surface area is 113 Å². The van der Waals surface area contributed by atoms with Crippen LogP contribution in [-0.4, -0.2) is 4.57 Å². The van der Waals surface area contributed by atoms with Crippen LogP contribution in [0.3, 0.4) is 0 Å². The van der Waals surface area contributed by atoms with Crippen LogP contribution in [0.1, 0.15) is 5.56 Å². The molecule has 3 aromatic rings. The van der Waals surface area contributed by atoms with Crippen molar-refractivity contribution in [2.45, 2.75) is 0 Å². The van der Waals surface area contributed by atoms with Crippen molar-refractivity contribution >= 4 is 17.1 Å². The van der Waals surface area contributed by atoms with Gasteiger partial charge in [-0.1, -0.05) is 36.9 Å². The first-order chi connectivity index (χ1) is 9.22. The van der Waals surface area contributed by atoms with E-state index in [0.717, 1.165) is 5.56 Å². The number of hydrogen-bond acceptors (Lipinski definition) is 0. The first kappa shape index (κ1) is 11.7. The molecule has 0 aliphatic heterocycles. The predicted molar refractivity (Wildman–Crippen MR) is 79.6 cm³/mol. The summed E-state index contributed by atoms with van der Waals surface area (Å²) >= 11 is 0. The number of benzene rings is 2. The van der Waals surface area contributed by atoms with Gasteiger partial charge in [-0.25, -0.2) is 9.13 Å². The highest BCUT2D eigenvalue weighted by atomic mass is 15.1. The van der Waals surface area contributed by atoms with E-state index in [1.54, 1.807) is 0 Å². The highest BCUT2D eigenvalue weighted by Gasteiger charge is 2.20. The van der Waals surface area contributed by atoms with Gasteiger partial charge in [0.2, 0.25) is 0 Å². The van der Waals surface area contributed by atoms with Crippen LogP contribution in [0.15, 0.2) is 55.1 Å². The lowest BCUT2D eigenvalue weighted by Crippen LogP contribution is -2.29. The quantitative estimate of drug-likeness (QED) is 0.616. The van der Waals surface area contributed by atoms with Gasteiger partial charge in [0.1, 0.15) is 0 Å². The fourth-order valence-electron chi connectivity index (χ4n) is 2.64. The minimum atomic E-state index is 1.14. The van der Waals surface area contributed by atoms with Gasteiger partial charge in [-0.3, -0.25) is 0 Å². The molecule has 0 aliphatic carbocycles. The van der Waals surface area contributed by atoms with Crippen LogP contribution in [0.25, 0.3) is 28.5 Å². The maximum absolute atomic E-state index is 3.79. The molecule has 0 atom stereocenters. The Balaban J connectivity index is 2.26. The van der Waals surface area contributed by atoms with E-state index in [-0.39, 0.29) is 0 Å². The molecule has 0 fully saturated rings. The second kappa shape index (κ2) is 4.39. The molecule has 0 radical (unpaired) electrons. The second-order valence-electron chi connectivity index (χ2n) is 4.76. The zero-order valence-electron chi connectivity index (χ0n) is 11.3. The van der Waals surface area contributed by atoms with E-state index in [4.69, 9.17) is 0 Å². The van der Waals surface area contributed by atoms with E-state index in [1.807, 2.05) is 6.08 Å². The highest BCUT2D eigenvalue weighted by Crippen LogP contribution is 2.22. The molecular formula is C17H17N2+. The molecular weight excluding hydrogens is 232 g/mol. The Morgan fingerprint density at radius 2 is 1.74 bits per heavy atom. The number of aryl methyl sites for hydroxylation is 2. The summed E-state index contributed by atoms with van der Waals surface area (Å²) in [5, 5.41) is 0. The minimum Gasteiger partial charge on any atom is -0.226 e. The Morgan fingerprint density at radius 3 is 2.37 bits per heavy atom. The Bertz CT molecular complexity index is 710. The highest BCUT2D eigenvalue weighted by molar-refractivity contribution is 5.76. The van der Waals surface area contributed by atoms with Crippen molar-refractivity contribution in [1.82, 2.24) is 4.57 Å². The monoisotopic (exact) mass is 249 g/mol. The maximum Gasteiger partial charge on any atom is 0.289 e. The summed E-state index contributed by atoms with van der Waals surface area (Å²) in [5.41, 5.74) is 4.84. The molecule has 2 aromatic carbocycles. The zero-order valence-corrected chi connectivity index (χ0v) is 11.3. The molecule has 2 nitrogen and oxygen atoms in total. The summed E-state index contributed by atoms with van der Waals surface area (Å²) < 4.78 is 4.47. The van der Waals surface area contributed by atoms with E-state index >= 15 is 0 Å². The third-order valence-corrected chi connectivity index (χ3v) is 3.64. The molecule has 2 heteroatoms. The molecule has 94 valence electrons. The van der Waals surface area contributed by atoms with Gasteiger partial charge in [0, 0.05) is 0 Å². The van der Waals surface area contributed by atoms with Crippen molar-refractivity contribution < 1.29 is 4.57 Å². The first-order valence-corrected chi connectivity index (χ1v) is 6.38. The zero-order chi connectivity index (χ0) is 13.4. The molecule has 0 bridgehead atoms. The fourth-order valence-corrected chi connectivity index (χ4v) is 2.64. The number of aromatic nitrogens is 2. The molecule has 0 saturated carbocycles. The SMILES string of the molecule is C=Cc1ccc(-c2n(C)c3ccccc3[n+]2C)cc1. The summed E-state index contributed by atoms with van der Waals surface area (Å²) in [5.74, 6) is 1.21. The third kappa shape index (κ3) is 1.76. The van der Waals surface area contributed by atoms with Crippen LogP contribution < -0.4 is 4.57 Å². The van der Waals surface area contributed by atoms with Crippen molar-refractivity contribution in [2.75, 3.05) is 0 Å². The van der Waals surface area contributed by atoms with Crippen LogP contribution in [0.2, 0.25) is 0 Å². The largest absolute Gasteiger partial charge is 0.289 e. The topological polar surface area (TPSA) is 8.81 Å². The van der Waals surface area contributed by atoms with E-state index < -0.39 is 0 Å². The number of rotatable bonds is 2. The number of nitrogens with zero attached hydrogens (tertiary/aromatic N) is 2. The van der Waals surface area contributed by atoms with Crippen LogP contribution in [0.5, 0.6) is 0 Å². The summed E-state index contributed by atoms with van der Waals surface area (Å²) in [6.07, 6.45) is 1.87. The standard InChI is InChI=1S/C17H17N2/c1-4-13-9-11-14(12-10-13)17-18(2)15-7-5-6-8-16(15)19(17)3/h4-12H,1H2,2-3H3/q+1. The number of imidazole rings is 1. The van der Waals surface area contributed by atoms with Gasteiger partial charge in [-0.05, 0) is 29.8 Å². The van der Waals surface area contributed by atoms with E-state index in [0.29, 0.717) is 0 Å². The summed E-state index contributed by atoms with van der Waals surface area (Å²) in [6.45, 7) is 3.79. The van der Waals surface area contributed by atoms with Crippen LogP contribution in [0, 0.1) is 0 Å². The second-order valence-corrected chi connectivity index (χ2v) is 4.76. The number of fused-ring (bicyclic) bond motifs is 1. The Kier molecular flexibility index (Phi) is 2.71. The van der Waals surface area contributed by atoms with Crippen molar-refractivity contribution in [3.05, 3.63) is 60.7 Å². The van der Waals surface area contributed by atoms with Crippen LogP contribution in [-0.2, 0) is 14.1 Å². The van der Waals surface area contributed by atoms with Crippen molar-refractivity contribution in [1.29, 1.82) is 0 Å². The van der Waals surface area contributed by atoms with Crippen molar-refractivity contribution in [2.24, 2.45) is 14.1 Å². The van der Waals surface area contributed by atoms with Crippen molar-refractivity contribution in [3.8, 4) is 11.4 Å². The van der Waals surface area contributed by atoms with Gasteiger partial charge in [-0.2, -0.15) is 0 Å². The van der Waals surface area contributed by atoms with Gasteiger partial charge < -0.3 is 0 Å². The lowest BCUT2D eigenvalue weighted by Gasteiger charge is -2.00. The summed E-state index contributed by atoms with van der Waals surface area (Å²) in [4.78, 5) is 0. The molecule has 0 amide bonds. The van der Waals surface area contributed by atoms with E-state index in [1.165, 1.54) is 22.4 Å². The summed E-state index contributed by atoms with van der Waals surface area (Å²) in [6, 6.07) is 16.9. The Morgan fingerprint density at radius 1 is 1.05 bits per heavy atom. The Hall–Kier alpha value is -2.35. The maximum atomic E-state index is 3.79. The van der Waals surface area contributed by atoms with Gasteiger partial charge in [-0.15, -0.1) is 0 Å². The summed E-state index contributed by atoms with van der Waals surface area (Å²) in [7, 11) is 4.22. The molecule has 19 heavy (non-hydrogen) atoms. The molecule has 0 spiro atoms. The number of hydrogen-bond donors (Lipinski definition) is 0. The van der Waals surface area contributed by atoms with E-state index in [9.17, 15) is 0 Å². The average molecular weight is 249 g/mol. The molecule has 0 aliphatic rings. The van der Waals surface area contributed by atoms with Crippen molar-refractivity contribution in [3.63, 3.8) is 0 Å². The molecule has 0 saturated heterocycles. The van der Waals surface area contributed by atoms with Gasteiger partial charge in [0.05, 0.1) is 19.7 Å². The lowest BCUT2D eigenvalue weighted by atomic mass is 10.1. The lowest BCUT2D eigenvalue weighted by molar-refractivity contribution is -0.634. The van der Waals surface area contributed by atoms with Crippen LogP contribution >= 0.6 is 0 Å². The smallest absolute Gasteiger partial charge is 0.226 e. The molecule has 1 heterocycles. The van der Waals surface area contributed by atoms with Gasteiger partial charge in [0.15, 0.2) is 11.0 Å². The van der Waals surface area contributed by atoms with Crippen LogP contribution in [0.4, 0.5) is 0 Å². The molecule has 3 rings (SSSR count). The third-order valence-electron chi connectivity index (χ3n) is 3.64. The average Bonchev–Trinajstić information content (AvgIpc) is 2.72. The van der Waals surface area contributed by atoms with E-state index in [2.05, 4.69) is 78.3 Å². The molecule has 0 N–H and O–H groups in total. The molecule has 1 aromatic heterocycles. The number of para-hydroxylation sites is 2. The van der Waals surface area contributed by atoms with Gasteiger partial charge in [0.25, 0.3) is 5.82 Å². The van der Waals surface area contributed by atoms with Gasteiger partial charge >= 0.3 is 0 Å². The predicted octanol–water partition coefficient (Wildman–Crippen LogP) is 3.31.